The fourth-order valence-corrected chi connectivity index (χ4v) is 5.34. The summed E-state index contributed by atoms with van der Waals surface area (Å²) >= 11 is 5.95. The lowest BCUT2D eigenvalue weighted by molar-refractivity contribution is -0.126. The number of pyridine rings is 1. The summed E-state index contributed by atoms with van der Waals surface area (Å²) in [7, 11) is -1.58. The number of amides is 1. The number of sulfonamides is 1. The van der Waals surface area contributed by atoms with Crippen molar-refractivity contribution in [3.05, 3.63) is 23.5 Å². The Bertz CT molecular complexity index is 777. The lowest BCUT2D eigenvalue weighted by atomic mass is 9.97. The van der Waals surface area contributed by atoms with Crippen molar-refractivity contribution in [2.24, 2.45) is 5.92 Å². The lowest BCUT2D eigenvalue weighted by Crippen LogP contribution is -2.46. The number of halogens is 1. The van der Waals surface area contributed by atoms with Crippen molar-refractivity contribution in [1.29, 1.82) is 0 Å². The highest BCUT2D eigenvalue weighted by atomic mass is 35.5. The third-order valence-electron chi connectivity index (χ3n) is 5.56. The van der Waals surface area contributed by atoms with E-state index in [2.05, 4.69) is 29.2 Å². The van der Waals surface area contributed by atoms with E-state index in [4.69, 9.17) is 11.6 Å². The molecule has 7 nitrogen and oxygen atoms in total. The monoisotopic (exact) mass is 414 g/mol. The topological polar surface area (TPSA) is 82.6 Å². The van der Waals surface area contributed by atoms with E-state index >= 15 is 0 Å². The smallest absolute Gasteiger partial charge is 0.246 e. The number of nitrogens with one attached hydrogen (secondary N) is 1. The summed E-state index contributed by atoms with van der Waals surface area (Å²) in [5, 5.41) is 3.01. The summed E-state index contributed by atoms with van der Waals surface area (Å²) < 4.78 is 26.9. The maximum absolute atomic E-state index is 12.7. The zero-order valence-corrected chi connectivity index (χ0v) is 17.3. The molecule has 0 aromatic carbocycles. The van der Waals surface area contributed by atoms with Gasteiger partial charge in [-0.05, 0) is 51.8 Å². The van der Waals surface area contributed by atoms with E-state index in [1.807, 2.05) is 0 Å². The molecule has 1 aromatic rings. The molecule has 1 aliphatic heterocycles. The summed E-state index contributed by atoms with van der Waals surface area (Å²) in [6.45, 7) is 3.35. The molecule has 1 atom stereocenters. The Balaban J connectivity index is 1.51. The van der Waals surface area contributed by atoms with E-state index in [-0.39, 0.29) is 21.9 Å². The number of carbonyl (C=O) groups is 1. The molecule has 9 heteroatoms. The van der Waals surface area contributed by atoms with Crippen LogP contribution in [0.25, 0.3) is 0 Å². The molecule has 3 rings (SSSR count). The van der Waals surface area contributed by atoms with Crippen LogP contribution < -0.4 is 5.32 Å². The molecule has 0 radical (unpaired) electrons. The van der Waals surface area contributed by atoms with Gasteiger partial charge in [0.2, 0.25) is 15.9 Å². The maximum atomic E-state index is 12.7. The van der Waals surface area contributed by atoms with E-state index < -0.39 is 10.0 Å². The summed E-state index contributed by atoms with van der Waals surface area (Å²) in [6, 6.07) is 3.97. The van der Waals surface area contributed by atoms with Crippen LogP contribution in [0.2, 0.25) is 5.15 Å². The number of likely N-dealkylation sites (N-methyl/N-ethyl adjacent to an activating group) is 1. The molecule has 2 heterocycles. The van der Waals surface area contributed by atoms with Gasteiger partial charge in [-0.3, -0.25) is 9.69 Å². The van der Waals surface area contributed by atoms with Gasteiger partial charge in [-0.2, -0.15) is 4.31 Å². The number of hydrogen-bond acceptors (Lipinski definition) is 5. The first-order valence-corrected chi connectivity index (χ1v) is 11.2. The standard InChI is InChI=1S/C18H27ClN4O3S/c1-13(22(2)15-5-6-15)12-21-18(24)14-7-10-23(11-8-14)27(25,26)16-4-3-9-20-17(16)19/h3-4,9,13-15H,5-8,10-12H2,1-2H3,(H,21,24). The Hall–Kier alpha value is -1.22. The Labute approximate surface area is 166 Å². The average molecular weight is 415 g/mol. The van der Waals surface area contributed by atoms with Crippen molar-refractivity contribution in [3.63, 3.8) is 0 Å². The first-order chi connectivity index (χ1) is 12.8. The zero-order valence-electron chi connectivity index (χ0n) is 15.8. The SMILES string of the molecule is CC(CNC(=O)C1CCN(S(=O)(=O)c2cccnc2Cl)CC1)N(C)C1CC1. The molecule has 27 heavy (non-hydrogen) atoms. The van der Waals surface area contributed by atoms with Crippen LogP contribution in [0.5, 0.6) is 0 Å². The van der Waals surface area contributed by atoms with Gasteiger partial charge in [-0.15, -0.1) is 0 Å². The van der Waals surface area contributed by atoms with Gasteiger partial charge in [0.1, 0.15) is 10.0 Å². The van der Waals surface area contributed by atoms with Gasteiger partial charge in [0.25, 0.3) is 0 Å². The predicted molar refractivity (Wildman–Crippen MR) is 104 cm³/mol. The van der Waals surface area contributed by atoms with Crippen molar-refractivity contribution in [1.82, 2.24) is 19.5 Å². The highest BCUT2D eigenvalue weighted by Gasteiger charge is 2.34. The summed E-state index contributed by atoms with van der Waals surface area (Å²) in [5.74, 6) is -0.137. The molecule has 1 saturated heterocycles. The zero-order chi connectivity index (χ0) is 19.6. The Kier molecular flexibility index (Phi) is 6.40. The predicted octanol–water partition coefficient (Wildman–Crippen LogP) is 1.73. The van der Waals surface area contributed by atoms with E-state index in [1.165, 1.54) is 29.4 Å². The van der Waals surface area contributed by atoms with Crippen LogP contribution in [0.15, 0.2) is 23.2 Å². The Morgan fingerprint density at radius 2 is 2.04 bits per heavy atom. The minimum atomic E-state index is -3.68. The van der Waals surface area contributed by atoms with E-state index in [0.717, 1.165) is 0 Å². The maximum Gasteiger partial charge on any atom is 0.246 e. The van der Waals surface area contributed by atoms with Crippen LogP contribution in [-0.2, 0) is 14.8 Å². The molecule has 1 aromatic heterocycles. The van der Waals surface area contributed by atoms with Crippen LogP contribution >= 0.6 is 11.6 Å². The minimum Gasteiger partial charge on any atom is -0.354 e. The molecule has 1 unspecified atom stereocenters. The number of hydrogen-bond donors (Lipinski definition) is 1. The Morgan fingerprint density at radius 1 is 1.37 bits per heavy atom. The minimum absolute atomic E-state index is 0.0162. The van der Waals surface area contributed by atoms with Crippen molar-refractivity contribution < 1.29 is 13.2 Å². The fraction of sp³-hybridized carbons (Fsp3) is 0.667. The van der Waals surface area contributed by atoms with Gasteiger partial charge in [0, 0.05) is 43.8 Å². The second kappa shape index (κ2) is 8.43. The highest BCUT2D eigenvalue weighted by Crippen LogP contribution is 2.28. The van der Waals surface area contributed by atoms with Gasteiger partial charge in [-0.1, -0.05) is 11.6 Å². The molecule has 1 aliphatic carbocycles. The molecule has 1 saturated carbocycles. The first kappa shape index (κ1) is 20.5. The molecule has 1 N–H and O–H groups in total. The molecular weight excluding hydrogens is 388 g/mol. The molecule has 2 fully saturated rings. The van der Waals surface area contributed by atoms with Crippen molar-refractivity contribution in [3.8, 4) is 0 Å². The van der Waals surface area contributed by atoms with E-state index in [1.54, 1.807) is 6.07 Å². The van der Waals surface area contributed by atoms with Crippen LogP contribution in [-0.4, -0.2) is 67.3 Å². The van der Waals surface area contributed by atoms with Crippen molar-refractivity contribution in [2.75, 3.05) is 26.7 Å². The second-order valence-electron chi connectivity index (χ2n) is 7.46. The van der Waals surface area contributed by atoms with E-state index in [0.29, 0.717) is 44.6 Å². The van der Waals surface area contributed by atoms with Crippen molar-refractivity contribution in [2.45, 2.75) is 49.6 Å². The summed E-state index contributed by atoms with van der Waals surface area (Å²) in [5.41, 5.74) is 0. The molecule has 1 amide bonds. The van der Waals surface area contributed by atoms with Crippen LogP contribution in [0.1, 0.15) is 32.6 Å². The quantitative estimate of drug-likeness (QED) is 0.687. The molecular formula is C18H27ClN4O3S. The van der Waals surface area contributed by atoms with Gasteiger partial charge in [0.15, 0.2) is 0 Å². The van der Waals surface area contributed by atoms with E-state index in [9.17, 15) is 13.2 Å². The number of nitrogens with zero attached hydrogens (tertiary/aromatic N) is 3. The third-order valence-corrected chi connectivity index (χ3v) is 7.90. The number of rotatable bonds is 7. The molecule has 150 valence electrons. The number of aromatic nitrogens is 1. The lowest BCUT2D eigenvalue weighted by Gasteiger charge is -2.31. The van der Waals surface area contributed by atoms with Gasteiger partial charge in [0.05, 0.1) is 0 Å². The highest BCUT2D eigenvalue weighted by molar-refractivity contribution is 7.89. The number of piperidine rings is 1. The molecule has 0 spiro atoms. The van der Waals surface area contributed by atoms with Gasteiger partial charge in [-0.25, -0.2) is 13.4 Å². The molecule has 2 aliphatic rings. The van der Waals surface area contributed by atoms with Crippen molar-refractivity contribution >= 4 is 27.5 Å². The number of carbonyl (C=O) groups excluding carboxylic acids is 1. The first-order valence-electron chi connectivity index (χ1n) is 9.41. The normalized spacial score (nSPS) is 20.6. The van der Waals surface area contributed by atoms with Gasteiger partial charge >= 0.3 is 0 Å². The van der Waals surface area contributed by atoms with Crippen LogP contribution in [0, 0.1) is 5.92 Å². The largest absolute Gasteiger partial charge is 0.354 e. The van der Waals surface area contributed by atoms with Gasteiger partial charge < -0.3 is 5.32 Å². The average Bonchev–Trinajstić information content (AvgIpc) is 3.50. The summed E-state index contributed by atoms with van der Waals surface area (Å²) in [4.78, 5) is 18.6. The third kappa shape index (κ3) is 4.80. The fourth-order valence-electron chi connectivity index (χ4n) is 3.44. The second-order valence-corrected chi connectivity index (χ2v) is 9.73. The summed E-state index contributed by atoms with van der Waals surface area (Å²) in [6.07, 6.45) is 4.95. The van der Waals surface area contributed by atoms with Crippen LogP contribution in [0.3, 0.4) is 0 Å². The van der Waals surface area contributed by atoms with Crippen LogP contribution in [0.4, 0.5) is 0 Å². The Morgan fingerprint density at radius 3 is 2.63 bits per heavy atom. The molecule has 0 bridgehead atoms.